The van der Waals surface area contributed by atoms with Crippen LogP contribution in [0.3, 0.4) is 0 Å². The maximum Gasteiger partial charge on any atom is 0.265 e. The second kappa shape index (κ2) is 18.8. The van der Waals surface area contributed by atoms with E-state index in [2.05, 4.69) is 27.5 Å². The number of unbranched alkanes of at least 4 members (excludes halogenated alkanes) is 3. The van der Waals surface area contributed by atoms with Gasteiger partial charge in [-0.05, 0) is 92.3 Å². The van der Waals surface area contributed by atoms with Crippen molar-refractivity contribution in [1.82, 2.24) is 25.1 Å². The van der Waals surface area contributed by atoms with E-state index in [-0.39, 0.29) is 53.4 Å². The van der Waals surface area contributed by atoms with Gasteiger partial charge in [0.1, 0.15) is 41.3 Å². The molecule has 5 N–H and O–H groups in total. The van der Waals surface area contributed by atoms with Crippen LogP contribution < -0.4 is 21.1 Å². The average molecular weight is 835 g/mol. The first-order chi connectivity index (χ1) is 29.0. The molecule has 16 heteroatoms. The lowest BCUT2D eigenvalue weighted by molar-refractivity contribution is -0.136. The minimum absolute atomic E-state index is 0.00472. The predicted molar refractivity (Wildman–Crippen MR) is 225 cm³/mol. The van der Waals surface area contributed by atoms with Crippen LogP contribution in [0.25, 0.3) is 0 Å². The van der Waals surface area contributed by atoms with Gasteiger partial charge >= 0.3 is 0 Å². The zero-order valence-electron chi connectivity index (χ0n) is 33.2. The second-order valence-corrected chi connectivity index (χ2v) is 16.4. The number of ether oxygens (including phenoxy) is 1. The number of nitrogens with zero attached hydrogens (tertiary/aromatic N) is 4. The van der Waals surface area contributed by atoms with Crippen LogP contribution in [0.4, 0.5) is 16.0 Å². The molecule has 3 aliphatic rings. The number of para-hydroxylation sites is 1. The third-order valence-corrected chi connectivity index (χ3v) is 12.3. The third-order valence-electron chi connectivity index (χ3n) is 11.1. The Morgan fingerprint density at radius 1 is 0.950 bits per heavy atom. The number of benzene rings is 3. The summed E-state index contributed by atoms with van der Waals surface area (Å²) in [6.45, 7) is 3.33. The zero-order chi connectivity index (χ0) is 42.3. The molecular formula is C44H47FN8O6S. The molecule has 3 aliphatic heterocycles. The number of amides is 5. The highest BCUT2D eigenvalue weighted by Gasteiger charge is 2.47. The number of imide groups is 2. The van der Waals surface area contributed by atoms with Crippen molar-refractivity contribution >= 4 is 58.6 Å². The number of nitrogens with one attached hydrogen (secondary N) is 3. The van der Waals surface area contributed by atoms with Crippen LogP contribution in [0.15, 0.2) is 78.0 Å². The van der Waals surface area contributed by atoms with Crippen molar-refractivity contribution < 1.29 is 33.1 Å². The molecule has 312 valence electrons. The number of piperidine rings is 1. The van der Waals surface area contributed by atoms with Gasteiger partial charge in [0.15, 0.2) is 0 Å². The summed E-state index contributed by atoms with van der Waals surface area (Å²) in [6.07, 6.45) is 6.56. The maximum atomic E-state index is 14.8. The Bertz CT molecular complexity index is 2290. The van der Waals surface area contributed by atoms with E-state index in [1.807, 2.05) is 35.2 Å². The number of nitrogen functional groups attached to an aromatic ring is 1. The van der Waals surface area contributed by atoms with E-state index < -0.39 is 35.5 Å². The minimum atomic E-state index is -1.16. The van der Waals surface area contributed by atoms with Crippen LogP contribution in [-0.4, -0.2) is 85.9 Å². The lowest BCUT2D eigenvalue weighted by atomic mass is 9.97. The largest absolute Gasteiger partial charge is 0.457 e. The van der Waals surface area contributed by atoms with E-state index in [0.29, 0.717) is 58.6 Å². The zero-order valence-corrected chi connectivity index (χ0v) is 34.1. The van der Waals surface area contributed by atoms with Crippen LogP contribution in [-0.2, 0) is 14.4 Å². The molecule has 0 spiro atoms. The van der Waals surface area contributed by atoms with E-state index in [1.165, 1.54) is 24.2 Å². The van der Waals surface area contributed by atoms with Gasteiger partial charge in [0.25, 0.3) is 11.8 Å². The van der Waals surface area contributed by atoms with Gasteiger partial charge in [0.05, 0.1) is 22.4 Å². The molecule has 1 aromatic heterocycles. The lowest BCUT2D eigenvalue weighted by Gasteiger charge is -2.27. The summed E-state index contributed by atoms with van der Waals surface area (Å²) >= 11 is 1.35. The van der Waals surface area contributed by atoms with E-state index in [9.17, 15) is 28.4 Å². The number of fused-ring (bicyclic) bond motifs is 1. The molecule has 2 saturated heterocycles. The monoisotopic (exact) mass is 834 g/mol. The molecule has 0 aliphatic carbocycles. The number of nitrogens with two attached hydrogens (primary N) is 1. The predicted octanol–water partition coefficient (Wildman–Crippen LogP) is 6.59. The van der Waals surface area contributed by atoms with E-state index >= 15 is 0 Å². The topological polar surface area (TPSA) is 201 Å². The quantitative estimate of drug-likeness (QED) is 0.0436. The number of hydrogen-bond donors (Lipinski definition) is 4. The van der Waals surface area contributed by atoms with Crippen molar-refractivity contribution in [1.29, 1.82) is 5.41 Å². The summed E-state index contributed by atoms with van der Waals surface area (Å²) in [5, 5.41) is 14.7. The molecule has 4 aromatic rings. The number of likely N-dealkylation sites (tertiary alicyclic amines) is 1. The van der Waals surface area contributed by atoms with Crippen LogP contribution >= 0.6 is 11.8 Å². The molecule has 2 unspecified atom stereocenters. The summed E-state index contributed by atoms with van der Waals surface area (Å²) in [4.78, 5) is 75.8. The lowest BCUT2D eigenvalue weighted by Crippen LogP contribution is -2.54. The first-order valence-corrected chi connectivity index (χ1v) is 21.2. The fraction of sp³-hybridized carbons (Fsp3) is 0.364. The molecular weight excluding hydrogens is 788 g/mol. The molecule has 0 bridgehead atoms. The number of rotatable bonds is 15. The van der Waals surface area contributed by atoms with Crippen molar-refractivity contribution in [2.75, 3.05) is 29.9 Å². The van der Waals surface area contributed by atoms with E-state index in [4.69, 9.17) is 15.9 Å². The smallest absolute Gasteiger partial charge is 0.265 e. The number of halogens is 1. The Balaban J connectivity index is 0.864. The molecule has 60 heavy (non-hydrogen) atoms. The summed E-state index contributed by atoms with van der Waals surface area (Å²) in [6, 6.07) is 18.1. The number of carbonyl (C=O) groups excluding carboxylic acids is 5. The molecule has 3 aromatic carbocycles. The van der Waals surface area contributed by atoms with Gasteiger partial charge in [-0.15, -0.1) is 11.8 Å². The SMILES string of the molecule is CC1CN(C(=O)CCCCCCSc2ccc(F)c3c2C(=O)N(C2CCC(=O)NC2=O)C3=O)CCC[C@H]1Nc1ncnc(N)c1C(=N)c1ccc(Oc2ccccc2)cc1. The molecule has 5 amide bonds. The van der Waals surface area contributed by atoms with Crippen LogP contribution in [0, 0.1) is 17.1 Å². The third kappa shape index (κ3) is 9.33. The molecule has 2 fully saturated rings. The highest BCUT2D eigenvalue weighted by molar-refractivity contribution is 7.99. The maximum absolute atomic E-state index is 14.8. The second-order valence-electron chi connectivity index (χ2n) is 15.3. The minimum Gasteiger partial charge on any atom is -0.457 e. The van der Waals surface area contributed by atoms with Gasteiger partial charge in [0.2, 0.25) is 17.7 Å². The summed E-state index contributed by atoms with van der Waals surface area (Å²) in [7, 11) is 0. The Kier molecular flexibility index (Phi) is 13.2. The van der Waals surface area contributed by atoms with E-state index in [1.54, 1.807) is 24.3 Å². The van der Waals surface area contributed by atoms with Crippen molar-refractivity contribution in [2.24, 2.45) is 5.92 Å². The van der Waals surface area contributed by atoms with Gasteiger partial charge in [-0.3, -0.25) is 39.6 Å². The van der Waals surface area contributed by atoms with Crippen LogP contribution in [0.2, 0.25) is 0 Å². The first-order valence-electron chi connectivity index (χ1n) is 20.2. The highest BCUT2D eigenvalue weighted by atomic mass is 32.2. The number of aromatic nitrogens is 2. The molecule has 0 saturated carbocycles. The number of thioether (sulfide) groups is 1. The fourth-order valence-corrected chi connectivity index (χ4v) is 8.97. The van der Waals surface area contributed by atoms with Gasteiger partial charge in [-0.25, -0.2) is 14.4 Å². The fourth-order valence-electron chi connectivity index (χ4n) is 7.90. The summed E-state index contributed by atoms with van der Waals surface area (Å²) in [5.41, 5.74) is 7.19. The normalized spacial score (nSPS) is 19.1. The first kappa shape index (κ1) is 42.0. The van der Waals surface area contributed by atoms with Crippen molar-refractivity contribution in [3.05, 3.63) is 101 Å². The number of carbonyl (C=O) groups is 5. The average Bonchev–Trinajstić information content (AvgIpc) is 3.36. The number of hydrogen-bond acceptors (Lipinski definition) is 12. The molecule has 14 nitrogen and oxygen atoms in total. The van der Waals surface area contributed by atoms with Gasteiger partial charge in [-0.1, -0.05) is 38.0 Å². The molecule has 0 radical (unpaired) electrons. The van der Waals surface area contributed by atoms with Crippen LogP contribution in [0.1, 0.15) is 96.6 Å². The van der Waals surface area contributed by atoms with Crippen molar-refractivity contribution in [3.8, 4) is 11.5 Å². The Morgan fingerprint density at radius 3 is 2.45 bits per heavy atom. The summed E-state index contributed by atoms with van der Waals surface area (Å²) in [5.74, 6) is -0.805. The van der Waals surface area contributed by atoms with Gasteiger partial charge in [-0.2, -0.15) is 0 Å². The van der Waals surface area contributed by atoms with Crippen LogP contribution in [0.5, 0.6) is 11.5 Å². The molecule has 7 rings (SSSR count). The number of anilines is 2. The highest BCUT2D eigenvalue weighted by Crippen LogP contribution is 2.36. The van der Waals surface area contributed by atoms with Gasteiger partial charge < -0.3 is 20.7 Å². The Hall–Kier alpha value is -6.16. The van der Waals surface area contributed by atoms with Crippen molar-refractivity contribution in [2.45, 2.75) is 81.7 Å². The Morgan fingerprint density at radius 2 is 1.68 bits per heavy atom. The van der Waals surface area contributed by atoms with Gasteiger partial charge in [0, 0.05) is 42.4 Å². The van der Waals surface area contributed by atoms with E-state index in [0.717, 1.165) is 49.5 Å². The standard InChI is InChI=1S/C44H47FN8O6S/c1-26-24-52(22-9-12-31(26)50-41-38(40(47)48-25-49-41)39(46)27-14-16-29(17-15-27)59-28-10-5-4-6-11-28)35(55)13-7-2-3-8-23-60-33-20-18-30(45)36-37(33)44(58)53(43(36)57)32-19-21-34(54)51-42(32)56/h4-6,10-11,14-18,20,25-26,31-32,46H,2-3,7-9,12-13,19,21-24H2,1H3,(H,51,54,56)(H3,47,48,49,50)/t26?,31-,32?/m1/s1. The molecule has 3 atom stereocenters. The van der Waals surface area contributed by atoms with Crippen molar-refractivity contribution in [3.63, 3.8) is 0 Å². The molecule has 4 heterocycles. The summed E-state index contributed by atoms with van der Waals surface area (Å²) < 4.78 is 20.7. The Labute approximate surface area is 351 Å².